The average Bonchev–Trinajstić information content (AvgIpc) is 2.48. The number of ether oxygens (including phenoxy) is 1. The Labute approximate surface area is 123 Å². The number of hydrogen-bond donors (Lipinski definition) is 2. The number of likely N-dealkylation sites (N-methyl/N-ethyl adjacent to an activating group) is 1. The summed E-state index contributed by atoms with van der Waals surface area (Å²) in [5.41, 5.74) is 8.31. The lowest BCUT2D eigenvalue weighted by atomic mass is 10.1. The van der Waals surface area contributed by atoms with Gasteiger partial charge in [0.05, 0.1) is 24.4 Å². The summed E-state index contributed by atoms with van der Waals surface area (Å²) in [5.74, 6) is -0.0598. The van der Waals surface area contributed by atoms with E-state index in [0.717, 1.165) is 16.6 Å². The van der Waals surface area contributed by atoms with Crippen LogP contribution in [0.4, 0.5) is 11.4 Å². The van der Waals surface area contributed by atoms with E-state index in [1.807, 2.05) is 36.2 Å². The van der Waals surface area contributed by atoms with E-state index in [-0.39, 0.29) is 12.5 Å². The van der Waals surface area contributed by atoms with Crippen LogP contribution in [0.5, 0.6) is 0 Å². The Morgan fingerprint density at radius 2 is 2.24 bits per heavy atom. The Hall–Kier alpha value is -2.34. The second-order valence-corrected chi connectivity index (χ2v) is 4.77. The third-order valence-electron chi connectivity index (χ3n) is 3.20. The minimum absolute atomic E-state index is 0.0598. The van der Waals surface area contributed by atoms with Gasteiger partial charge in [-0.25, -0.2) is 0 Å². The summed E-state index contributed by atoms with van der Waals surface area (Å²) in [5, 5.41) is 3.68. The maximum atomic E-state index is 11.9. The summed E-state index contributed by atoms with van der Waals surface area (Å²) < 4.78 is 4.90. The molecule has 0 atom stereocenters. The van der Waals surface area contributed by atoms with E-state index in [4.69, 9.17) is 10.5 Å². The van der Waals surface area contributed by atoms with Crippen molar-refractivity contribution in [2.24, 2.45) is 0 Å². The van der Waals surface area contributed by atoms with E-state index in [0.29, 0.717) is 18.8 Å². The highest BCUT2D eigenvalue weighted by atomic mass is 16.5. The molecule has 0 radical (unpaired) electrons. The molecule has 2 aromatic rings. The predicted octanol–water partition coefficient (Wildman–Crippen LogP) is 1.02. The van der Waals surface area contributed by atoms with E-state index in [1.54, 1.807) is 13.3 Å². The molecular weight excluding hydrogens is 268 g/mol. The summed E-state index contributed by atoms with van der Waals surface area (Å²) in [6.45, 7) is 1.25. The molecule has 0 saturated heterocycles. The maximum Gasteiger partial charge on any atom is 0.239 e. The Morgan fingerprint density at radius 3 is 3.00 bits per heavy atom. The Kier molecular flexibility index (Phi) is 4.94. The summed E-state index contributed by atoms with van der Waals surface area (Å²) in [4.78, 5) is 18.1. The zero-order valence-electron chi connectivity index (χ0n) is 12.3. The topological polar surface area (TPSA) is 80.5 Å². The molecule has 112 valence electrons. The van der Waals surface area contributed by atoms with Gasteiger partial charge in [-0.3, -0.25) is 9.78 Å². The third kappa shape index (κ3) is 3.61. The molecule has 1 aromatic carbocycles. The van der Waals surface area contributed by atoms with Crippen molar-refractivity contribution in [2.75, 3.05) is 44.5 Å². The minimum atomic E-state index is -0.0598. The zero-order valence-corrected chi connectivity index (χ0v) is 12.3. The van der Waals surface area contributed by atoms with E-state index < -0.39 is 0 Å². The Morgan fingerprint density at radius 1 is 1.43 bits per heavy atom. The van der Waals surface area contributed by atoms with Crippen molar-refractivity contribution in [3.05, 3.63) is 30.5 Å². The van der Waals surface area contributed by atoms with Crippen LogP contribution in [-0.4, -0.2) is 44.7 Å². The summed E-state index contributed by atoms with van der Waals surface area (Å²) >= 11 is 0. The zero-order chi connectivity index (χ0) is 15.2. The fourth-order valence-corrected chi connectivity index (χ4v) is 2.14. The number of amides is 1. The smallest absolute Gasteiger partial charge is 0.239 e. The molecule has 0 saturated carbocycles. The van der Waals surface area contributed by atoms with Crippen LogP contribution in [0.2, 0.25) is 0 Å². The van der Waals surface area contributed by atoms with Gasteiger partial charge >= 0.3 is 0 Å². The number of benzene rings is 1. The maximum absolute atomic E-state index is 11.9. The van der Waals surface area contributed by atoms with Crippen LogP contribution in [0.15, 0.2) is 30.5 Å². The van der Waals surface area contributed by atoms with Gasteiger partial charge in [0.2, 0.25) is 5.91 Å². The number of hydrogen-bond acceptors (Lipinski definition) is 5. The first-order valence-electron chi connectivity index (χ1n) is 6.73. The number of pyridine rings is 1. The molecule has 1 aromatic heterocycles. The van der Waals surface area contributed by atoms with E-state index in [1.165, 1.54) is 0 Å². The van der Waals surface area contributed by atoms with E-state index >= 15 is 0 Å². The molecule has 0 unspecified atom stereocenters. The molecule has 1 amide bonds. The molecule has 3 N–H and O–H groups in total. The standard InChI is InChI=1S/C15H20N4O2/c1-19(10-14(20)17-8-9-21-2)13-6-5-12(16)11-4-3-7-18-15(11)13/h3-7H,8-10,16H2,1-2H3,(H,17,20). The summed E-state index contributed by atoms with van der Waals surface area (Å²) in [7, 11) is 3.46. The first kappa shape index (κ1) is 15.1. The predicted molar refractivity (Wildman–Crippen MR) is 84.3 cm³/mol. The van der Waals surface area contributed by atoms with Crippen molar-refractivity contribution in [2.45, 2.75) is 0 Å². The highest BCUT2D eigenvalue weighted by Crippen LogP contribution is 2.28. The van der Waals surface area contributed by atoms with Crippen LogP contribution in [0.25, 0.3) is 10.9 Å². The van der Waals surface area contributed by atoms with Crippen molar-refractivity contribution in [3.63, 3.8) is 0 Å². The average molecular weight is 288 g/mol. The molecule has 0 fully saturated rings. The molecule has 0 aliphatic rings. The first-order valence-corrected chi connectivity index (χ1v) is 6.73. The normalized spacial score (nSPS) is 10.6. The number of nitrogens with two attached hydrogens (primary N) is 1. The molecule has 1 heterocycles. The molecular formula is C15H20N4O2. The summed E-state index contributed by atoms with van der Waals surface area (Å²) in [6, 6.07) is 7.49. The van der Waals surface area contributed by atoms with Crippen LogP contribution in [0, 0.1) is 0 Å². The number of nitrogens with zero attached hydrogens (tertiary/aromatic N) is 2. The number of nitrogen functional groups attached to an aromatic ring is 1. The number of rotatable bonds is 6. The van der Waals surface area contributed by atoms with Gasteiger partial charge in [0.15, 0.2) is 0 Å². The lowest BCUT2D eigenvalue weighted by Crippen LogP contribution is -2.36. The van der Waals surface area contributed by atoms with Crippen LogP contribution in [0.1, 0.15) is 0 Å². The molecule has 6 heteroatoms. The quantitative estimate of drug-likeness (QED) is 0.612. The second-order valence-electron chi connectivity index (χ2n) is 4.77. The van der Waals surface area contributed by atoms with Gasteiger partial charge in [-0.1, -0.05) is 0 Å². The number of carbonyl (C=O) groups excluding carboxylic acids is 1. The minimum Gasteiger partial charge on any atom is -0.398 e. The highest BCUT2D eigenvalue weighted by molar-refractivity contribution is 5.99. The van der Waals surface area contributed by atoms with Crippen molar-refractivity contribution in [1.82, 2.24) is 10.3 Å². The number of anilines is 2. The Balaban J connectivity index is 2.14. The van der Waals surface area contributed by atoms with Crippen molar-refractivity contribution in [3.8, 4) is 0 Å². The molecule has 0 aliphatic carbocycles. The van der Waals surface area contributed by atoms with Gasteiger partial charge in [-0.05, 0) is 24.3 Å². The molecule has 0 bridgehead atoms. The van der Waals surface area contributed by atoms with Crippen LogP contribution in [-0.2, 0) is 9.53 Å². The summed E-state index contributed by atoms with van der Waals surface area (Å²) in [6.07, 6.45) is 1.72. The van der Waals surface area contributed by atoms with Crippen LogP contribution < -0.4 is 16.0 Å². The number of fused-ring (bicyclic) bond motifs is 1. The third-order valence-corrected chi connectivity index (χ3v) is 3.20. The van der Waals surface area contributed by atoms with Gasteiger partial charge in [-0.2, -0.15) is 0 Å². The Bertz CT molecular complexity index is 630. The highest BCUT2D eigenvalue weighted by Gasteiger charge is 2.12. The van der Waals surface area contributed by atoms with Gasteiger partial charge in [0, 0.05) is 38.0 Å². The fourth-order valence-electron chi connectivity index (χ4n) is 2.14. The lowest BCUT2D eigenvalue weighted by molar-refractivity contribution is -0.119. The lowest BCUT2D eigenvalue weighted by Gasteiger charge is -2.20. The van der Waals surface area contributed by atoms with Crippen molar-refractivity contribution >= 4 is 28.2 Å². The van der Waals surface area contributed by atoms with E-state index in [9.17, 15) is 4.79 Å². The van der Waals surface area contributed by atoms with Gasteiger partial charge < -0.3 is 20.7 Å². The monoisotopic (exact) mass is 288 g/mol. The first-order chi connectivity index (χ1) is 10.1. The molecule has 0 spiro atoms. The number of aromatic nitrogens is 1. The van der Waals surface area contributed by atoms with Crippen molar-refractivity contribution < 1.29 is 9.53 Å². The molecule has 6 nitrogen and oxygen atoms in total. The number of methoxy groups -OCH3 is 1. The van der Waals surface area contributed by atoms with Crippen molar-refractivity contribution in [1.29, 1.82) is 0 Å². The largest absolute Gasteiger partial charge is 0.398 e. The number of nitrogens with one attached hydrogen (secondary N) is 1. The van der Waals surface area contributed by atoms with Gasteiger partial charge in [-0.15, -0.1) is 0 Å². The van der Waals surface area contributed by atoms with Crippen LogP contribution >= 0.6 is 0 Å². The van der Waals surface area contributed by atoms with Crippen LogP contribution in [0.3, 0.4) is 0 Å². The SMILES string of the molecule is COCCNC(=O)CN(C)c1ccc(N)c2cccnc12. The second kappa shape index (κ2) is 6.90. The fraction of sp³-hybridized carbons (Fsp3) is 0.333. The molecule has 21 heavy (non-hydrogen) atoms. The van der Waals surface area contributed by atoms with E-state index in [2.05, 4.69) is 10.3 Å². The molecule has 2 rings (SSSR count). The van der Waals surface area contributed by atoms with Gasteiger partial charge in [0.1, 0.15) is 0 Å². The number of carbonyl (C=O) groups is 1. The molecule has 0 aliphatic heterocycles. The van der Waals surface area contributed by atoms with Gasteiger partial charge in [0.25, 0.3) is 0 Å².